The largest absolute Gasteiger partial charge is 0.489 e. The third-order valence-corrected chi connectivity index (χ3v) is 7.72. The highest BCUT2D eigenvalue weighted by Gasteiger charge is 2.33. The third-order valence-electron chi connectivity index (χ3n) is 7.47. The summed E-state index contributed by atoms with van der Waals surface area (Å²) in [5.74, 6) is 0.668. The predicted octanol–water partition coefficient (Wildman–Crippen LogP) is 4.65. The van der Waals surface area contributed by atoms with Gasteiger partial charge in [-0.05, 0) is 62.4 Å². The first-order valence-corrected chi connectivity index (χ1v) is 13.7. The molecule has 2 aliphatic rings. The van der Waals surface area contributed by atoms with Gasteiger partial charge in [-0.1, -0.05) is 42.0 Å². The number of carbonyl (C=O) groups is 3. The van der Waals surface area contributed by atoms with Crippen LogP contribution in [-0.4, -0.2) is 71.8 Å². The molecule has 202 valence electrons. The molecule has 0 N–H and O–H groups in total. The van der Waals surface area contributed by atoms with Crippen LogP contribution in [0.4, 0.5) is 0 Å². The molecule has 3 amide bonds. The Balaban J connectivity index is 1.60. The van der Waals surface area contributed by atoms with E-state index in [0.29, 0.717) is 55.5 Å². The Labute approximate surface area is 230 Å². The second-order valence-corrected chi connectivity index (χ2v) is 10.3. The van der Waals surface area contributed by atoms with Crippen molar-refractivity contribution in [3.63, 3.8) is 0 Å². The lowest BCUT2D eigenvalue weighted by Crippen LogP contribution is -2.48. The number of fused-ring (bicyclic) bond motifs is 3. The highest BCUT2D eigenvalue weighted by molar-refractivity contribution is 6.30. The predicted molar refractivity (Wildman–Crippen MR) is 148 cm³/mol. The minimum atomic E-state index is -0.242. The van der Waals surface area contributed by atoms with E-state index in [2.05, 4.69) is 6.08 Å². The Morgan fingerprint density at radius 3 is 2.53 bits per heavy atom. The van der Waals surface area contributed by atoms with Gasteiger partial charge in [0.2, 0.25) is 11.8 Å². The van der Waals surface area contributed by atoms with Crippen LogP contribution in [0.3, 0.4) is 0 Å². The Hall–Kier alpha value is -3.32. The zero-order valence-electron chi connectivity index (χ0n) is 22.1. The zero-order chi connectivity index (χ0) is 27.1. The van der Waals surface area contributed by atoms with Gasteiger partial charge in [-0.25, -0.2) is 0 Å². The van der Waals surface area contributed by atoms with Gasteiger partial charge >= 0.3 is 0 Å². The fourth-order valence-electron chi connectivity index (χ4n) is 5.25. The maximum atomic E-state index is 13.5. The van der Waals surface area contributed by atoms with Gasteiger partial charge in [0, 0.05) is 48.7 Å². The summed E-state index contributed by atoms with van der Waals surface area (Å²) in [6.07, 6.45) is 5.28. The van der Waals surface area contributed by atoms with Crippen molar-refractivity contribution in [1.29, 1.82) is 0 Å². The molecule has 2 aromatic carbocycles. The van der Waals surface area contributed by atoms with Crippen LogP contribution in [0.2, 0.25) is 5.02 Å². The molecule has 2 bridgehead atoms. The van der Waals surface area contributed by atoms with E-state index >= 15 is 0 Å². The quantitative estimate of drug-likeness (QED) is 0.520. The van der Waals surface area contributed by atoms with E-state index < -0.39 is 0 Å². The number of nitrogens with zero attached hydrogens (tertiary/aromatic N) is 3. The second-order valence-electron chi connectivity index (χ2n) is 9.84. The van der Waals surface area contributed by atoms with Crippen LogP contribution in [-0.2, 0) is 16.1 Å². The van der Waals surface area contributed by atoms with E-state index in [9.17, 15) is 14.4 Å². The molecule has 2 heterocycles. The molecule has 4 rings (SSSR count). The highest BCUT2D eigenvalue weighted by atomic mass is 35.5. The highest BCUT2D eigenvalue weighted by Crippen LogP contribution is 2.30. The SMILES string of the molecule is CCN(CC)C(=O)C[C@@H]1CCN2C[C@@H]1C=CCOc1ccccc1CN(C(=O)c1ccc(Cl)cc1)CC2=O. The molecule has 0 radical (unpaired) electrons. The lowest BCUT2D eigenvalue weighted by Gasteiger charge is -2.38. The minimum Gasteiger partial charge on any atom is -0.489 e. The Morgan fingerprint density at radius 1 is 1.05 bits per heavy atom. The van der Waals surface area contributed by atoms with Crippen molar-refractivity contribution < 1.29 is 19.1 Å². The van der Waals surface area contributed by atoms with Gasteiger partial charge in [-0.15, -0.1) is 0 Å². The van der Waals surface area contributed by atoms with Crippen LogP contribution in [0.1, 0.15) is 42.6 Å². The van der Waals surface area contributed by atoms with Crippen LogP contribution < -0.4 is 4.74 Å². The summed E-state index contributed by atoms with van der Waals surface area (Å²) in [7, 11) is 0. The first kappa shape index (κ1) is 27.7. The topological polar surface area (TPSA) is 70.2 Å². The summed E-state index contributed by atoms with van der Waals surface area (Å²) in [6.45, 7) is 7.01. The summed E-state index contributed by atoms with van der Waals surface area (Å²) in [5.41, 5.74) is 1.30. The van der Waals surface area contributed by atoms with Crippen molar-refractivity contribution in [3.8, 4) is 5.75 Å². The van der Waals surface area contributed by atoms with Crippen LogP contribution in [0, 0.1) is 11.8 Å². The maximum Gasteiger partial charge on any atom is 0.254 e. The number of halogens is 1. The Morgan fingerprint density at radius 2 is 1.79 bits per heavy atom. The molecule has 1 saturated heterocycles. The normalized spacial score (nSPS) is 19.9. The van der Waals surface area contributed by atoms with E-state index in [1.165, 1.54) is 0 Å². The van der Waals surface area contributed by atoms with Gasteiger partial charge in [0.05, 0.1) is 6.54 Å². The summed E-state index contributed by atoms with van der Waals surface area (Å²) in [5, 5.41) is 0.544. The number of rotatable bonds is 5. The van der Waals surface area contributed by atoms with E-state index in [4.69, 9.17) is 16.3 Å². The molecule has 0 saturated carbocycles. The van der Waals surface area contributed by atoms with Crippen molar-refractivity contribution in [2.45, 2.75) is 33.2 Å². The van der Waals surface area contributed by atoms with E-state index in [1.54, 1.807) is 29.2 Å². The van der Waals surface area contributed by atoms with E-state index in [1.807, 2.05) is 54.0 Å². The van der Waals surface area contributed by atoms with Gasteiger partial charge in [0.1, 0.15) is 18.9 Å². The number of ether oxygens (including phenoxy) is 1. The molecule has 0 spiro atoms. The van der Waals surface area contributed by atoms with Crippen LogP contribution >= 0.6 is 11.6 Å². The average Bonchev–Trinajstić information content (AvgIpc) is 2.93. The van der Waals surface area contributed by atoms with Crippen molar-refractivity contribution in [1.82, 2.24) is 14.7 Å². The fraction of sp³-hybridized carbons (Fsp3) is 0.433. The summed E-state index contributed by atoms with van der Waals surface area (Å²) in [6, 6.07) is 14.3. The van der Waals surface area contributed by atoms with Gasteiger partial charge in [-0.2, -0.15) is 0 Å². The molecule has 2 atom stereocenters. The fourth-order valence-corrected chi connectivity index (χ4v) is 5.37. The summed E-state index contributed by atoms with van der Waals surface area (Å²) < 4.78 is 6.09. The number of piperidine rings is 1. The first-order valence-electron chi connectivity index (χ1n) is 13.4. The minimum absolute atomic E-state index is 0.0345. The number of amides is 3. The van der Waals surface area contributed by atoms with Gasteiger partial charge in [0.15, 0.2) is 0 Å². The molecule has 38 heavy (non-hydrogen) atoms. The number of hydrogen-bond acceptors (Lipinski definition) is 4. The Kier molecular flexibility index (Phi) is 9.45. The van der Waals surface area contributed by atoms with Crippen LogP contribution in [0.5, 0.6) is 5.75 Å². The van der Waals surface area contributed by atoms with Crippen molar-refractivity contribution in [2.75, 3.05) is 39.3 Å². The molecule has 2 aliphatic heterocycles. The molecule has 0 unspecified atom stereocenters. The molecule has 0 aromatic heterocycles. The van der Waals surface area contributed by atoms with E-state index in [0.717, 1.165) is 12.0 Å². The zero-order valence-corrected chi connectivity index (χ0v) is 22.9. The lowest BCUT2D eigenvalue weighted by atomic mass is 9.82. The summed E-state index contributed by atoms with van der Waals surface area (Å²) >= 11 is 6.03. The average molecular weight is 538 g/mol. The molecule has 1 fully saturated rings. The lowest BCUT2D eigenvalue weighted by molar-refractivity contribution is -0.135. The van der Waals surface area contributed by atoms with Gasteiger partial charge in [0.25, 0.3) is 5.91 Å². The van der Waals surface area contributed by atoms with Crippen molar-refractivity contribution in [3.05, 3.63) is 76.8 Å². The smallest absolute Gasteiger partial charge is 0.254 e. The first-order chi connectivity index (χ1) is 18.4. The summed E-state index contributed by atoms with van der Waals surface area (Å²) in [4.78, 5) is 45.2. The molecule has 7 nitrogen and oxygen atoms in total. The molecule has 8 heteroatoms. The van der Waals surface area contributed by atoms with Crippen molar-refractivity contribution in [2.24, 2.45) is 11.8 Å². The standard InChI is InChI=1S/C30H36ClN3O4/c1-3-32(4-2)28(35)18-23-15-16-33-19-24(23)9-7-17-38-27-10-6-5-8-25(27)20-34(21-29(33)36)30(37)22-11-13-26(31)14-12-22/h5-14,23-24H,3-4,15-21H2,1-2H3/t23-,24-/m0/s1. The molecule has 2 aromatic rings. The molecule has 0 aliphatic carbocycles. The third kappa shape index (κ3) is 6.76. The monoisotopic (exact) mass is 537 g/mol. The number of benzene rings is 2. The molecular formula is C30H36ClN3O4. The van der Waals surface area contributed by atoms with Crippen LogP contribution in [0.15, 0.2) is 60.7 Å². The van der Waals surface area contributed by atoms with Gasteiger partial charge < -0.3 is 19.4 Å². The Bertz CT molecular complexity index is 1160. The van der Waals surface area contributed by atoms with Crippen molar-refractivity contribution >= 4 is 29.3 Å². The number of para-hydroxylation sites is 1. The maximum absolute atomic E-state index is 13.5. The van der Waals surface area contributed by atoms with Crippen LogP contribution in [0.25, 0.3) is 0 Å². The number of hydrogen-bond donors (Lipinski definition) is 0. The van der Waals surface area contributed by atoms with E-state index in [-0.39, 0.29) is 42.6 Å². The second kappa shape index (κ2) is 13.0. The van der Waals surface area contributed by atoms with Gasteiger partial charge in [-0.3, -0.25) is 14.4 Å². The number of carbonyl (C=O) groups excluding carboxylic acids is 3. The molecular weight excluding hydrogens is 502 g/mol.